The molecule has 0 aliphatic carbocycles. The van der Waals surface area contributed by atoms with Crippen molar-refractivity contribution in [3.05, 3.63) is 23.3 Å². The van der Waals surface area contributed by atoms with Crippen molar-refractivity contribution >= 4 is 0 Å². The predicted molar refractivity (Wildman–Crippen MR) is 52.7 cm³/mol. The van der Waals surface area contributed by atoms with Gasteiger partial charge in [-0.1, -0.05) is 0 Å². The number of hydrogen-bond acceptors (Lipinski definition) is 4. The summed E-state index contributed by atoms with van der Waals surface area (Å²) in [6.07, 6.45) is 3.56. The Morgan fingerprint density at radius 1 is 1.64 bits per heavy atom. The number of nitrogens with two attached hydrogens (primary N) is 1. The highest BCUT2D eigenvalue weighted by Gasteiger charge is 2.12. The monoisotopic (exact) mass is 193 g/mol. The van der Waals surface area contributed by atoms with Crippen LogP contribution in [0.3, 0.4) is 0 Å². The van der Waals surface area contributed by atoms with Gasteiger partial charge >= 0.3 is 0 Å². The molecule has 2 rings (SSSR count). The molecule has 2 heterocycles. The second kappa shape index (κ2) is 4.02. The Balaban J connectivity index is 2.20. The molecule has 0 saturated carbocycles. The Bertz CT molecular complexity index is 325. The molecular formula is C10H15N3O. The summed E-state index contributed by atoms with van der Waals surface area (Å²) in [5.41, 5.74) is 7.93. The highest BCUT2D eigenvalue weighted by molar-refractivity contribution is 5.19. The van der Waals surface area contributed by atoms with Crippen molar-refractivity contribution in [3.63, 3.8) is 0 Å². The van der Waals surface area contributed by atoms with Gasteiger partial charge in [0.1, 0.15) is 5.82 Å². The fraction of sp³-hybridized carbons (Fsp3) is 0.600. The molecule has 0 spiro atoms. The van der Waals surface area contributed by atoms with Gasteiger partial charge in [0.2, 0.25) is 0 Å². The normalized spacial score (nSPS) is 17.6. The standard InChI is InChI=1S/C10H15N3O/c1-7(11)4-10-12-5-8-2-3-14-6-9(8)13-10/h5,7H,2-4,6,11H2,1H3. The molecule has 1 aromatic rings. The van der Waals surface area contributed by atoms with Gasteiger partial charge in [0.05, 0.1) is 18.9 Å². The van der Waals surface area contributed by atoms with Gasteiger partial charge in [-0.2, -0.15) is 0 Å². The first kappa shape index (κ1) is 9.55. The smallest absolute Gasteiger partial charge is 0.130 e. The zero-order valence-electron chi connectivity index (χ0n) is 8.36. The van der Waals surface area contributed by atoms with Crippen LogP contribution >= 0.6 is 0 Å². The Hall–Kier alpha value is -1.00. The van der Waals surface area contributed by atoms with E-state index in [-0.39, 0.29) is 6.04 Å². The number of hydrogen-bond donors (Lipinski definition) is 1. The third kappa shape index (κ3) is 2.08. The Kier molecular flexibility index (Phi) is 2.74. The SMILES string of the molecule is CC(N)Cc1ncc2c(n1)COCC2. The molecule has 1 aromatic heterocycles. The summed E-state index contributed by atoms with van der Waals surface area (Å²) in [7, 11) is 0. The Morgan fingerprint density at radius 3 is 3.29 bits per heavy atom. The molecule has 14 heavy (non-hydrogen) atoms. The average molecular weight is 193 g/mol. The van der Waals surface area contributed by atoms with E-state index in [1.54, 1.807) is 0 Å². The first-order valence-corrected chi connectivity index (χ1v) is 4.92. The van der Waals surface area contributed by atoms with Gasteiger partial charge in [-0.05, 0) is 18.9 Å². The van der Waals surface area contributed by atoms with Gasteiger partial charge in [-0.25, -0.2) is 9.97 Å². The fourth-order valence-corrected chi connectivity index (χ4v) is 1.55. The van der Waals surface area contributed by atoms with Gasteiger partial charge < -0.3 is 10.5 Å². The molecule has 0 aromatic carbocycles. The largest absolute Gasteiger partial charge is 0.375 e. The van der Waals surface area contributed by atoms with Gasteiger partial charge in [0.25, 0.3) is 0 Å². The predicted octanol–water partition coefficient (Wildman–Crippen LogP) is 0.439. The molecule has 0 fully saturated rings. The molecular weight excluding hydrogens is 178 g/mol. The summed E-state index contributed by atoms with van der Waals surface area (Å²) in [5.74, 6) is 0.823. The van der Waals surface area contributed by atoms with E-state index in [1.165, 1.54) is 5.56 Å². The molecule has 1 atom stereocenters. The van der Waals surface area contributed by atoms with Crippen LogP contribution in [0.5, 0.6) is 0 Å². The van der Waals surface area contributed by atoms with Gasteiger partial charge in [0.15, 0.2) is 0 Å². The lowest BCUT2D eigenvalue weighted by Gasteiger charge is -2.15. The molecule has 1 unspecified atom stereocenters. The van der Waals surface area contributed by atoms with E-state index in [9.17, 15) is 0 Å². The number of nitrogens with zero attached hydrogens (tertiary/aromatic N) is 2. The molecule has 0 radical (unpaired) electrons. The summed E-state index contributed by atoms with van der Waals surface area (Å²) in [6.45, 7) is 3.35. The van der Waals surface area contributed by atoms with E-state index in [4.69, 9.17) is 10.5 Å². The van der Waals surface area contributed by atoms with E-state index < -0.39 is 0 Å². The lowest BCUT2D eigenvalue weighted by molar-refractivity contribution is 0.107. The van der Waals surface area contributed by atoms with Gasteiger partial charge in [0, 0.05) is 18.7 Å². The molecule has 76 valence electrons. The average Bonchev–Trinajstić information content (AvgIpc) is 2.17. The number of ether oxygens (including phenoxy) is 1. The van der Waals surface area contributed by atoms with E-state index in [2.05, 4.69) is 9.97 Å². The first-order chi connectivity index (χ1) is 6.75. The van der Waals surface area contributed by atoms with Crippen LogP contribution < -0.4 is 5.73 Å². The summed E-state index contributed by atoms with van der Waals surface area (Å²) in [4.78, 5) is 8.72. The molecule has 1 aliphatic rings. The molecule has 0 saturated heterocycles. The zero-order chi connectivity index (χ0) is 9.97. The molecule has 4 nitrogen and oxygen atoms in total. The summed E-state index contributed by atoms with van der Waals surface area (Å²) in [5, 5.41) is 0. The Morgan fingerprint density at radius 2 is 2.50 bits per heavy atom. The highest BCUT2D eigenvalue weighted by Crippen LogP contribution is 2.13. The van der Waals surface area contributed by atoms with Crippen LogP contribution in [0.15, 0.2) is 6.20 Å². The zero-order valence-corrected chi connectivity index (χ0v) is 8.36. The molecule has 0 amide bonds. The van der Waals surface area contributed by atoms with Crippen molar-refractivity contribution in [1.29, 1.82) is 0 Å². The van der Waals surface area contributed by atoms with Crippen molar-refractivity contribution < 1.29 is 4.74 Å². The van der Waals surface area contributed by atoms with Crippen LogP contribution in [0.2, 0.25) is 0 Å². The summed E-state index contributed by atoms with van der Waals surface area (Å²) < 4.78 is 5.33. The summed E-state index contributed by atoms with van der Waals surface area (Å²) in [6, 6.07) is 0.109. The van der Waals surface area contributed by atoms with Crippen molar-refractivity contribution in [1.82, 2.24) is 9.97 Å². The molecule has 0 bridgehead atoms. The second-order valence-electron chi connectivity index (χ2n) is 3.74. The molecule has 1 aliphatic heterocycles. The van der Waals surface area contributed by atoms with Crippen molar-refractivity contribution in [2.45, 2.75) is 32.4 Å². The van der Waals surface area contributed by atoms with E-state index in [0.717, 1.165) is 31.0 Å². The van der Waals surface area contributed by atoms with Crippen molar-refractivity contribution in [2.75, 3.05) is 6.61 Å². The van der Waals surface area contributed by atoms with E-state index in [1.807, 2.05) is 13.1 Å². The second-order valence-corrected chi connectivity index (χ2v) is 3.74. The van der Waals surface area contributed by atoms with Gasteiger partial charge in [-0.3, -0.25) is 0 Å². The number of fused-ring (bicyclic) bond motifs is 1. The lowest BCUT2D eigenvalue weighted by Crippen LogP contribution is -2.21. The van der Waals surface area contributed by atoms with Crippen LogP contribution in [0.4, 0.5) is 0 Å². The first-order valence-electron chi connectivity index (χ1n) is 4.92. The minimum absolute atomic E-state index is 0.109. The summed E-state index contributed by atoms with van der Waals surface area (Å²) >= 11 is 0. The quantitative estimate of drug-likeness (QED) is 0.740. The van der Waals surface area contributed by atoms with E-state index >= 15 is 0 Å². The minimum Gasteiger partial charge on any atom is -0.375 e. The molecule has 2 N–H and O–H groups in total. The topological polar surface area (TPSA) is 61.0 Å². The van der Waals surface area contributed by atoms with Crippen LogP contribution in [-0.2, 0) is 24.2 Å². The van der Waals surface area contributed by atoms with Gasteiger partial charge in [-0.15, -0.1) is 0 Å². The van der Waals surface area contributed by atoms with E-state index in [0.29, 0.717) is 6.61 Å². The lowest BCUT2D eigenvalue weighted by atomic mass is 10.1. The minimum atomic E-state index is 0.109. The van der Waals surface area contributed by atoms with Crippen LogP contribution in [-0.4, -0.2) is 22.6 Å². The van der Waals surface area contributed by atoms with Crippen LogP contribution in [0, 0.1) is 0 Å². The Labute approximate surface area is 83.5 Å². The highest BCUT2D eigenvalue weighted by atomic mass is 16.5. The maximum Gasteiger partial charge on any atom is 0.130 e. The maximum atomic E-state index is 5.69. The third-order valence-electron chi connectivity index (χ3n) is 2.26. The maximum absolute atomic E-state index is 5.69. The number of rotatable bonds is 2. The van der Waals surface area contributed by atoms with Crippen LogP contribution in [0.1, 0.15) is 24.0 Å². The molecule has 4 heteroatoms. The third-order valence-corrected chi connectivity index (χ3v) is 2.26. The fourth-order valence-electron chi connectivity index (χ4n) is 1.55. The van der Waals surface area contributed by atoms with Crippen LogP contribution in [0.25, 0.3) is 0 Å². The van der Waals surface area contributed by atoms with Crippen molar-refractivity contribution in [2.24, 2.45) is 5.73 Å². The number of aromatic nitrogens is 2. The van der Waals surface area contributed by atoms with Crippen molar-refractivity contribution in [3.8, 4) is 0 Å².